The van der Waals surface area contributed by atoms with Gasteiger partial charge in [-0.2, -0.15) is 0 Å². The Kier molecular flexibility index (Phi) is 6.04. The van der Waals surface area contributed by atoms with Gasteiger partial charge in [-0.05, 0) is 34.5 Å². The third kappa shape index (κ3) is 4.22. The number of halogens is 5. The van der Waals surface area contributed by atoms with E-state index in [0.29, 0.717) is 0 Å². The first kappa shape index (κ1) is 15.4. The third-order valence-electron chi connectivity index (χ3n) is 2.27. The standard InChI is InChI=1S/C11H12BrF4NO/c12-6-1-2-7(13)10(11(6)16)8(17)3-4-18-5-9(14)15/h1-2,8-9H,3-5,17H2. The van der Waals surface area contributed by atoms with Gasteiger partial charge < -0.3 is 10.5 Å². The highest BCUT2D eigenvalue weighted by atomic mass is 79.9. The van der Waals surface area contributed by atoms with E-state index < -0.39 is 30.7 Å². The summed E-state index contributed by atoms with van der Waals surface area (Å²) < 4.78 is 55.3. The van der Waals surface area contributed by atoms with Crippen LogP contribution in [0.2, 0.25) is 0 Å². The van der Waals surface area contributed by atoms with Crippen LogP contribution >= 0.6 is 15.9 Å². The largest absolute Gasteiger partial charge is 0.375 e. The molecule has 0 radical (unpaired) electrons. The van der Waals surface area contributed by atoms with Gasteiger partial charge in [0.25, 0.3) is 6.43 Å². The average Bonchev–Trinajstić information content (AvgIpc) is 2.30. The molecule has 0 aromatic heterocycles. The summed E-state index contributed by atoms with van der Waals surface area (Å²) in [6.45, 7) is -0.799. The maximum Gasteiger partial charge on any atom is 0.261 e. The third-order valence-corrected chi connectivity index (χ3v) is 2.88. The molecule has 1 unspecified atom stereocenters. The number of hydrogen-bond acceptors (Lipinski definition) is 2. The summed E-state index contributed by atoms with van der Waals surface area (Å²) in [7, 11) is 0. The lowest BCUT2D eigenvalue weighted by atomic mass is 10.0. The number of nitrogens with two attached hydrogens (primary N) is 1. The fraction of sp³-hybridized carbons (Fsp3) is 0.455. The van der Waals surface area contributed by atoms with Crippen molar-refractivity contribution in [2.75, 3.05) is 13.2 Å². The maximum atomic E-state index is 13.6. The molecule has 1 rings (SSSR count). The highest BCUT2D eigenvalue weighted by Gasteiger charge is 2.19. The summed E-state index contributed by atoms with van der Waals surface area (Å²) in [4.78, 5) is 0. The summed E-state index contributed by atoms with van der Waals surface area (Å²) in [5, 5.41) is 0. The summed E-state index contributed by atoms with van der Waals surface area (Å²) in [6.07, 6.45) is -2.52. The van der Waals surface area contributed by atoms with Crippen molar-refractivity contribution in [2.45, 2.75) is 18.9 Å². The van der Waals surface area contributed by atoms with Crippen molar-refractivity contribution >= 4 is 15.9 Å². The molecule has 1 aromatic carbocycles. The molecule has 0 aliphatic carbocycles. The zero-order chi connectivity index (χ0) is 13.7. The summed E-state index contributed by atoms with van der Waals surface area (Å²) in [5.41, 5.74) is 5.34. The second-order valence-electron chi connectivity index (χ2n) is 3.62. The molecular formula is C11H12BrF4NO. The van der Waals surface area contributed by atoms with Crippen LogP contribution < -0.4 is 5.73 Å². The minimum absolute atomic E-state index is 0.0526. The SMILES string of the molecule is NC(CCOCC(F)F)c1c(F)ccc(Br)c1F. The number of rotatable bonds is 6. The highest BCUT2D eigenvalue weighted by Crippen LogP contribution is 2.27. The van der Waals surface area contributed by atoms with Gasteiger partial charge in [0.1, 0.15) is 18.2 Å². The van der Waals surface area contributed by atoms with Crippen LogP contribution in [-0.4, -0.2) is 19.6 Å². The van der Waals surface area contributed by atoms with Crippen molar-refractivity contribution in [3.63, 3.8) is 0 Å². The van der Waals surface area contributed by atoms with Crippen LogP contribution in [0.25, 0.3) is 0 Å². The Morgan fingerprint density at radius 3 is 2.56 bits per heavy atom. The molecule has 2 nitrogen and oxygen atoms in total. The van der Waals surface area contributed by atoms with Gasteiger partial charge in [-0.25, -0.2) is 17.6 Å². The Balaban J connectivity index is 2.61. The Labute approximate surface area is 110 Å². The Hall–Kier alpha value is -0.660. The molecule has 0 saturated heterocycles. The lowest BCUT2D eigenvalue weighted by Crippen LogP contribution is -2.17. The van der Waals surface area contributed by atoms with Gasteiger partial charge in [0.15, 0.2) is 0 Å². The van der Waals surface area contributed by atoms with E-state index in [0.717, 1.165) is 6.07 Å². The Morgan fingerprint density at radius 1 is 1.28 bits per heavy atom. The van der Waals surface area contributed by atoms with Crippen molar-refractivity contribution in [3.8, 4) is 0 Å². The summed E-state index contributed by atoms with van der Waals surface area (Å²) in [5.74, 6) is -1.55. The second kappa shape index (κ2) is 7.06. The Bertz CT molecular complexity index is 403. The first-order chi connectivity index (χ1) is 8.43. The molecule has 0 bridgehead atoms. The van der Waals surface area contributed by atoms with Crippen molar-refractivity contribution < 1.29 is 22.3 Å². The van der Waals surface area contributed by atoms with E-state index in [1.807, 2.05) is 0 Å². The predicted molar refractivity (Wildman–Crippen MR) is 62.4 cm³/mol. The van der Waals surface area contributed by atoms with E-state index >= 15 is 0 Å². The first-order valence-corrected chi connectivity index (χ1v) is 5.97. The normalized spacial score (nSPS) is 13.1. The van der Waals surface area contributed by atoms with Crippen molar-refractivity contribution in [3.05, 3.63) is 33.8 Å². The quantitative estimate of drug-likeness (QED) is 0.493. The van der Waals surface area contributed by atoms with Crippen LogP contribution in [0, 0.1) is 11.6 Å². The molecule has 1 atom stereocenters. The summed E-state index contributed by atoms with van der Waals surface area (Å²) >= 11 is 2.92. The number of hydrogen-bond donors (Lipinski definition) is 1. The van der Waals surface area contributed by atoms with Gasteiger partial charge in [0.2, 0.25) is 0 Å². The van der Waals surface area contributed by atoms with Gasteiger partial charge in [-0.15, -0.1) is 0 Å². The molecule has 1 aromatic rings. The van der Waals surface area contributed by atoms with Crippen molar-refractivity contribution in [1.29, 1.82) is 0 Å². The number of ether oxygens (including phenoxy) is 1. The van der Waals surface area contributed by atoms with E-state index in [9.17, 15) is 17.6 Å². The van der Waals surface area contributed by atoms with Gasteiger partial charge in [0.05, 0.1) is 4.47 Å². The minimum atomic E-state index is -2.57. The first-order valence-electron chi connectivity index (χ1n) is 5.18. The minimum Gasteiger partial charge on any atom is -0.375 e. The topological polar surface area (TPSA) is 35.2 Å². The van der Waals surface area contributed by atoms with Gasteiger partial charge in [-0.1, -0.05) is 0 Å². The number of benzene rings is 1. The summed E-state index contributed by atoms with van der Waals surface area (Å²) in [6, 6.07) is 1.37. The molecule has 0 saturated carbocycles. The lowest BCUT2D eigenvalue weighted by Gasteiger charge is -2.14. The van der Waals surface area contributed by atoms with Gasteiger partial charge in [-0.3, -0.25) is 0 Å². The van der Waals surface area contributed by atoms with Crippen LogP contribution in [0.15, 0.2) is 16.6 Å². The lowest BCUT2D eigenvalue weighted by molar-refractivity contribution is 0.0151. The van der Waals surface area contributed by atoms with Crippen LogP contribution in [0.1, 0.15) is 18.0 Å². The van der Waals surface area contributed by atoms with E-state index in [1.54, 1.807) is 0 Å². The van der Waals surface area contributed by atoms with E-state index in [2.05, 4.69) is 20.7 Å². The van der Waals surface area contributed by atoms with E-state index in [4.69, 9.17) is 5.73 Å². The zero-order valence-electron chi connectivity index (χ0n) is 9.31. The Morgan fingerprint density at radius 2 is 1.94 bits per heavy atom. The molecule has 7 heteroatoms. The van der Waals surface area contributed by atoms with Crippen LogP contribution in [0.4, 0.5) is 17.6 Å². The van der Waals surface area contributed by atoms with Crippen LogP contribution in [0.5, 0.6) is 0 Å². The predicted octanol–water partition coefficient (Wildman–Crippen LogP) is 3.40. The molecule has 2 N–H and O–H groups in total. The fourth-order valence-electron chi connectivity index (χ4n) is 1.41. The van der Waals surface area contributed by atoms with Gasteiger partial charge in [0, 0.05) is 18.2 Å². The van der Waals surface area contributed by atoms with E-state index in [1.165, 1.54) is 6.07 Å². The molecule has 0 aliphatic rings. The molecular weight excluding hydrogens is 318 g/mol. The molecule has 0 amide bonds. The monoisotopic (exact) mass is 329 g/mol. The second-order valence-corrected chi connectivity index (χ2v) is 4.47. The number of alkyl halides is 2. The van der Waals surface area contributed by atoms with Crippen LogP contribution in [-0.2, 0) is 4.74 Å². The van der Waals surface area contributed by atoms with Crippen molar-refractivity contribution in [2.24, 2.45) is 5.73 Å². The molecule has 0 heterocycles. The fourth-order valence-corrected chi connectivity index (χ4v) is 1.76. The maximum absolute atomic E-state index is 13.6. The molecule has 0 fully saturated rings. The molecule has 0 spiro atoms. The zero-order valence-corrected chi connectivity index (χ0v) is 10.9. The highest BCUT2D eigenvalue weighted by molar-refractivity contribution is 9.10. The van der Waals surface area contributed by atoms with E-state index in [-0.39, 0.29) is 23.1 Å². The average molecular weight is 330 g/mol. The van der Waals surface area contributed by atoms with Crippen LogP contribution in [0.3, 0.4) is 0 Å². The molecule has 18 heavy (non-hydrogen) atoms. The molecule has 0 aliphatic heterocycles. The molecule has 102 valence electrons. The smallest absolute Gasteiger partial charge is 0.261 e. The van der Waals surface area contributed by atoms with Gasteiger partial charge >= 0.3 is 0 Å². The van der Waals surface area contributed by atoms with Crippen molar-refractivity contribution in [1.82, 2.24) is 0 Å².